The number of benzene rings is 4. The lowest BCUT2D eigenvalue weighted by Gasteiger charge is -2.31. The van der Waals surface area contributed by atoms with E-state index < -0.39 is 0 Å². The van der Waals surface area contributed by atoms with Crippen molar-refractivity contribution in [1.29, 1.82) is 0 Å². The zero-order valence-electron chi connectivity index (χ0n) is 18.7. The van der Waals surface area contributed by atoms with Gasteiger partial charge in [0.25, 0.3) is 0 Å². The van der Waals surface area contributed by atoms with Crippen molar-refractivity contribution in [2.75, 3.05) is 0 Å². The smallest absolute Gasteiger partial charge is 0.193 e. The van der Waals surface area contributed by atoms with Crippen molar-refractivity contribution >= 4 is 17.4 Å². The minimum Gasteiger partial charge on any atom is -0.487 e. The number of halogens is 1. The van der Waals surface area contributed by atoms with Crippen LogP contribution in [0.15, 0.2) is 109 Å². The maximum absolute atomic E-state index is 12.8. The lowest BCUT2D eigenvalue weighted by atomic mass is 9.89. The van der Waals surface area contributed by atoms with Crippen molar-refractivity contribution in [3.63, 3.8) is 0 Å². The Bertz CT molecular complexity index is 1170. The summed E-state index contributed by atoms with van der Waals surface area (Å²) in [6.07, 6.45) is 2.54. The molecule has 0 aliphatic rings. The van der Waals surface area contributed by atoms with Crippen molar-refractivity contribution in [2.24, 2.45) is 0 Å². The number of hydrogen-bond donors (Lipinski definition) is 0. The van der Waals surface area contributed by atoms with Crippen LogP contribution in [-0.4, -0.2) is 11.4 Å². The number of rotatable bonds is 9. The van der Waals surface area contributed by atoms with E-state index in [0.29, 0.717) is 16.1 Å². The molecule has 2 nitrogen and oxygen atoms in total. The summed E-state index contributed by atoms with van der Waals surface area (Å²) in [6.45, 7) is 2.16. The van der Waals surface area contributed by atoms with E-state index in [9.17, 15) is 4.79 Å². The molecule has 33 heavy (non-hydrogen) atoms. The van der Waals surface area contributed by atoms with Crippen LogP contribution in [0.3, 0.4) is 0 Å². The Morgan fingerprint density at radius 3 is 1.88 bits per heavy atom. The predicted molar refractivity (Wildman–Crippen MR) is 135 cm³/mol. The molecular formula is C30H27ClO2. The molecule has 1 atom stereocenters. The minimum absolute atomic E-state index is 0.00871. The Morgan fingerprint density at radius 2 is 1.27 bits per heavy atom. The Labute approximate surface area is 200 Å². The molecule has 0 saturated carbocycles. The summed E-state index contributed by atoms with van der Waals surface area (Å²) in [7, 11) is 0. The first-order chi connectivity index (χ1) is 16.0. The van der Waals surface area contributed by atoms with Crippen molar-refractivity contribution in [2.45, 2.75) is 31.8 Å². The van der Waals surface area contributed by atoms with Crippen LogP contribution in [0.1, 0.15) is 40.4 Å². The molecular weight excluding hydrogens is 428 g/mol. The topological polar surface area (TPSA) is 26.3 Å². The molecule has 0 saturated heterocycles. The Morgan fingerprint density at radius 1 is 0.727 bits per heavy atom. The second-order valence-electron chi connectivity index (χ2n) is 8.56. The van der Waals surface area contributed by atoms with Crippen LogP contribution in [0.25, 0.3) is 0 Å². The SMILES string of the molecule is CC(CCc1ccccc1)(Cc1ccc(C(=O)c2ccc(Cl)cc2)cc1)Oc1ccccc1. The van der Waals surface area contributed by atoms with Crippen molar-refractivity contribution in [3.8, 4) is 5.75 Å². The Hall–Kier alpha value is -3.36. The lowest BCUT2D eigenvalue weighted by Crippen LogP contribution is -2.35. The van der Waals surface area contributed by atoms with Crippen LogP contribution in [-0.2, 0) is 12.8 Å². The van der Waals surface area contributed by atoms with Gasteiger partial charge in [0, 0.05) is 22.6 Å². The van der Waals surface area contributed by atoms with Crippen LogP contribution >= 0.6 is 11.6 Å². The van der Waals surface area contributed by atoms with E-state index >= 15 is 0 Å². The monoisotopic (exact) mass is 454 g/mol. The molecule has 0 N–H and O–H groups in total. The largest absolute Gasteiger partial charge is 0.487 e. The first kappa shape index (κ1) is 22.8. The van der Waals surface area contributed by atoms with Crippen LogP contribution in [0.2, 0.25) is 5.02 Å². The predicted octanol–water partition coefficient (Wildman–Crippen LogP) is 7.58. The molecule has 4 aromatic rings. The second-order valence-corrected chi connectivity index (χ2v) is 9.00. The highest BCUT2D eigenvalue weighted by Crippen LogP contribution is 2.27. The number of hydrogen-bond acceptors (Lipinski definition) is 2. The maximum atomic E-state index is 12.8. The van der Waals surface area contributed by atoms with Gasteiger partial charge in [-0.25, -0.2) is 0 Å². The van der Waals surface area contributed by atoms with Gasteiger partial charge in [-0.15, -0.1) is 0 Å². The van der Waals surface area contributed by atoms with Gasteiger partial charge in [0.05, 0.1) is 0 Å². The van der Waals surface area contributed by atoms with Crippen LogP contribution < -0.4 is 4.74 Å². The molecule has 3 heteroatoms. The number of carbonyl (C=O) groups is 1. The van der Waals surface area contributed by atoms with Gasteiger partial charge in [-0.1, -0.05) is 84.4 Å². The van der Waals surface area contributed by atoms with Gasteiger partial charge in [-0.3, -0.25) is 4.79 Å². The van der Waals surface area contributed by atoms with Gasteiger partial charge < -0.3 is 4.74 Å². The number of ketones is 1. The van der Waals surface area contributed by atoms with Gasteiger partial charge in [-0.05, 0) is 67.3 Å². The summed E-state index contributed by atoms with van der Waals surface area (Å²) < 4.78 is 6.51. The number of para-hydroxylation sites is 1. The summed E-state index contributed by atoms with van der Waals surface area (Å²) in [5.74, 6) is 0.855. The van der Waals surface area contributed by atoms with E-state index in [1.165, 1.54) is 5.56 Å². The zero-order chi connectivity index (χ0) is 23.1. The van der Waals surface area contributed by atoms with E-state index in [0.717, 1.165) is 30.6 Å². The molecule has 0 amide bonds. The number of carbonyl (C=O) groups excluding carboxylic acids is 1. The molecule has 0 radical (unpaired) electrons. The fraction of sp³-hybridized carbons (Fsp3) is 0.167. The summed E-state index contributed by atoms with van der Waals surface area (Å²) in [5.41, 5.74) is 3.33. The summed E-state index contributed by atoms with van der Waals surface area (Å²) in [6, 6.07) is 35.3. The summed E-state index contributed by atoms with van der Waals surface area (Å²) >= 11 is 5.94. The van der Waals surface area contributed by atoms with Crippen LogP contribution in [0.4, 0.5) is 0 Å². The minimum atomic E-state index is -0.390. The highest BCUT2D eigenvalue weighted by molar-refractivity contribution is 6.30. The second kappa shape index (κ2) is 10.5. The van der Waals surface area contributed by atoms with Gasteiger partial charge >= 0.3 is 0 Å². The van der Waals surface area contributed by atoms with Gasteiger partial charge in [0.2, 0.25) is 0 Å². The van der Waals surface area contributed by atoms with E-state index in [1.807, 2.05) is 60.7 Å². The molecule has 166 valence electrons. The van der Waals surface area contributed by atoms with E-state index in [4.69, 9.17) is 16.3 Å². The highest BCUT2D eigenvalue weighted by Gasteiger charge is 2.27. The molecule has 0 fully saturated rings. The number of ether oxygens (including phenoxy) is 1. The van der Waals surface area contributed by atoms with E-state index in [2.05, 4.69) is 31.2 Å². The molecule has 0 aliphatic heterocycles. The molecule has 0 spiro atoms. The van der Waals surface area contributed by atoms with Crippen molar-refractivity contribution in [3.05, 3.63) is 136 Å². The molecule has 1 unspecified atom stereocenters. The first-order valence-corrected chi connectivity index (χ1v) is 11.6. The summed E-state index contributed by atoms with van der Waals surface area (Å²) in [5, 5.41) is 0.620. The van der Waals surface area contributed by atoms with Gasteiger partial charge in [-0.2, -0.15) is 0 Å². The summed E-state index contributed by atoms with van der Waals surface area (Å²) in [4.78, 5) is 12.8. The molecule has 4 rings (SSSR count). The zero-order valence-corrected chi connectivity index (χ0v) is 19.5. The molecule has 0 aromatic heterocycles. The van der Waals surface area contributed by atoms with Gasteiger partial charge in [0.1, 0.15) is 11.4 Å². The molecule has 0 aliphatic carbocycles. The van der Waals surface area contributed by atoms with Gasteiger partial charge in [0.15, 0.2) is 5.78 Å². The third-order valence-electron chi connectivity index (χ3n) is 5.79. The number of aryl methyl sites for hydroxylation is 1. The Kier molecular flexibility index (Phi) is 7.26. The fourth-order valence-electron chi connectivity index (χ4n) is 3.98. The van der Waals surface area contributed by atoms with E-state index in [1.54, 1.807) is 24.3 Å². The third-order valence-corrected chi connectivity index (χ3v) is 6.05. The van der Waals surface area contributed by atoms with E-state index in [-0.39, 0.29) is 11.4 Å². The molecule has 4 aromatic carbocycles. The fourth-order valence-corrected chi connectivity index (χ4v) is 4.10. The first-order valence-electron chi connectivity index (χ1n) is 11.2. The maximum Gasteiger partial charge on any atom is 0.193 e. The normalized spacial score (nSPS) is 12.7. The highest BCUT2D eigenvalue weighted by atomic mass is 35.5. The van der Waals surface area contributed by atoms with Crippen molar-refractivity contribution < 1.29 is 9.53 Å². The van der Waals surface area contributed by atoms with Crippen LogP contribution in [0, 0.1) is 0 Å². The van der Waals surface area contributed by atoms with Crippen molar-refractivity contribution in [1.82, 2.24) is 0 Å². The van der Waals surface area contributed by atoms with Crippen LogP contribution in [0.5, 0.6) is 5.75 Å². The average Bonchev–Trinajstić information content (AvgIpc) is 2.85. The quantitative estimate of drug-likeness (QED) is 0.243. The Balaban J connectivity index is 1.51. The third kappa shape index (κ3) is 6.34. The lowest BCUT2D eigenvalue weighted by molar-refractivity contribution is 0.0796. The standard InChI is InChI=1S/C30H27ClO2/c1-30(33-28-10-6-3-7-11-28,21-20-23-8-4-2-5-9-23)22-24-12-14-25(15-13-24)29(32)26-16-18-27(31)19-17-26/h2-19H,20-22H2,1H3. The molecule has 0 bridgehead atoms. The average molecular weight is 455 g/mol. The molecule has 0 heterocycles.